The number of hydrogen-bond donors (Lipinski definition) is 3. The van der Waals surface area contributed by atoms with Gasteiger partial charge in [0, 0.05) is 29.9 Å². The number of sulfonamides is 1. The molecule has 1 aromatic heterocycles. The highest BCUT2D eigenvalue weighted by atomic mass is 35.5. The number of carbonyl (C=O) groups is 2. The highest BCUT2D eigenvalue weighted by molar-refractivity contribution is 7.91. The van der Waals surface area contributed by atoms with Crippen molar-refractivity contribution in [2.24, 2.45) is 16.8 Å². The summed E-state index contributed by atoms with van der Waals surface area (Å²) in [6, 6.07) is 26.2. The van der Waals surface area contributed by atoms with Gasteiger partial charge in [-0.2, -0.15) is 0 Å². The Kier molecular flexibility index (Phi) is 8.75. The molecular weight excluding hydrogens is 654 g/mol. The van der Waals surface area contributed by atoms with Gasteiger partial charge in [0.15, 0.2) is 6.17 Å². The molecule has 0 saturated heterocycles. The van der Waals surface area contributed by atoms with E-state index in [9.17, 15) is 18.0 Å². The number of benzene rings is 3. The Hall–Kier alpha value is -3.87. The summed E-state index contributed by atoms with van der Waals surface area (Å²) in [6.07, 6.45) is 2.42. The fourth-order valence-electron chi connectivity index (χ4n) is 7.04. The summed E-state index contributed by atoms with van der Waals surface area (Å²) in [5.74, 6) is -0.213. The van der Waals surface area contributed by atoms with Crippen molar-refractivity contribution in [2.75, 3.05) is 23.8 Å². The first-order valence-electron chi connectivity index (χ1n) is 15.6. The number of nitrogens with zero attached hydrogens (tertiary/aromatic N) is 2. The van der Waals surface area contributed by atoms with Crippen LogP contribution in [0.25, 0.3) is 0 Å². The van der Waals surface area contributed by atoms with Gasteiger partial charge < -0.3 is 10.2 Å². The van der Waals surface area contributed by atoms with Gasteiger partial charge in [-0.1, -0.05) is 66.2 Å². The molecule has 3 N–H and O–H groups in total. The van der Waals surface area contributed by atoms with Crippen LogP contribution in [0.5, 0.6) is 0 Å². The maximum absolute atomic E-state index is 13.5. The average Bonchev–Trinajstić information content (AvgIpc) is 3.60. The normalized spacial score (nSPS) is 22.1. The Balaban J connectivity index is 1.04. The van der Waals surface area contributed by atoms with E-state index in [0.717, 1.165) is 53.0 Å². The highest BCUT2D eigenvalue weighted by Crippen LogP contribution is 2.41. The van der Waals surface area contributed by atoms with Gasteiger partial charge in [0.25, 0.3) is 5.91 Å². The number of benzodiazepines with no additional fused rings is 1. The van der Waals surface area contributed by atoms with Gasteiger partial charge >= 0.3 is 0 Å². The van der Waals surface area contributed by atoms with Gasteiger partial charge in [-0.05, 0) is 79.0 Å². The number of anilines is 2. The van der Waals surface area contributed by atoms with E-state index in [-0.39, 0.29) is 40.4 Å². The Morgan fingerprint density at radius 3 is 2.43 bits per heavy atom. The molecule has 1 aliphatic heterocycles. The van der Waals surface area contributed by atoms with Gasteiger partial charge in [-0.15, -0.1) is 11.3 Å². The van der Waals surface area contributed by atoms with E-state index in [4.69, 9.17) is 16.6 Å². The summed E-state index contributed by atoms with van der Waals surface area (Å²) >= 11 is 7.07. The molecule has 2 bridgehead atoms. The minimum atomic E-state index is -3.67. The summed E-state index contributed by atoms with van der Waals surface area (Å²) in [5.41, 5.74) is 6.09. The van der Waals surface area contributed by atoms with Crippen LogP contribution < -0.4 is 20.3 Å². The SMILES string of the molecule is CN1C(=O)[C@H](NCC(=O)Nc2ccc3c(c2)C[C@H]2CC[C@@H](C3)[C@H]2NS(=O)(=O)c2ccc(Cl)s2)N=C(c2ccccc2)c2ccccc21. The molecule has 0 radical (unpaired) electrons. The number of likely N-dealkylation sites (N-methyl/N-ethyl adjacent to an activating group) is 1. The Morgan fingerprint density at radius 1 is 0.957 bits per heavy atom. The summed E-state index contributed by atoms with van der Waals surface area (Å²) < 4.78 is 29.9. The molecule has 47 heavy (non-hydrogen) atoms. The van der Waals surface area contributed by atoms with E-state index in [0.29, 0.717) is 22.2 Å². The first kappa shape index (κ1) is 31.7. The molecule has 7 rings (SSSR count). The number of amides is 2. The number of carbonyl (C=O) groups excluding carboxylic acids is 2. The van der Waals surface area contributed by atoms with E-state index in [1.807, 2.05) is 72.8 Å². The van der Waals surface area contributed by atoms with Gasteiger partial charge in [-0.25, -0.2) is 13.1 Å². The molecule has 4 aromatic rings. The Morgan fingerprint density at radius 2 is 1.68 bits per heavy atom. The van der Waals surface area contributed by atoms with Crippen LogP contribution in [0.3, 0.4) is 0 Å². The third-order valence-corrected chi connectivity index (χ3v) is 12.5. The zero-order valence-electron chi connectivity index (χ0n) is 25.6. The van der Waals surface area contributed by atoms with Gasteiger partial charge in [0.1, 0.15) is 4.21 Å². The quantitative estimate of drug-likeness (QED) is 0.234. The fourth-order valence-corrected chi connectivity index (χ4v) is 9.91. The van der Waals surface area contributed by atoms with Crippen molar-refractivity contribution < 1.29 is 18.0 Å². The van der Waals surface area contributed by atoms with Crippen LogP contribution in [0.1, 0.15) is 35.1 Å². The van der Waals surface area contributed by atoms with Crippen LogP contribution in [-0.2, 0) is 32.5 Å². The zero-order valence-corrected chi connectivity index (χ0v) is 28.0. The molecule has 0 unspecified atom stereocenters. The van der Waals surface area contributed by atoms with Crippen molar-refractivity contribution in [1.29, 1.82) is 0 Å². The van der Waals surface area contributed by atoms with Crippen LogP contribution in [0.4, 0.5) is 11.4 Å². The number of rotatable bonds is 8. The largest absolute Gasteiger partial charge is 0.325 e. The first-order chi connectivity index (χ1) is 22.7. The van der Waals surface area contributed by atoms with Crippen LogP contribution in [0, 0.1) is 11.8 Å². The predicted molar refractivity (Wildman–Crippen MR) is 186 cm³/mol. The molecule has 3 aliphatic rings. The third kappa shape index (κ3) is 6.50. The number of halogens is 1. The van der Waals surface area contributed by atoms with Crippen molar-refractivity contribution >= 4 is 61.9 Å². The molecule has 2 heterocycles. The molecule has 12 heteroatoms. The molecule has 2 aliphatic carbocycles. The third-order valence-electron chi connectivity index (χ3n) is 9.33. The average molecular weight is 688 g/mol. The molecule has 0 spiro atoms. The topological polar surface area (TPSA) is 120 Å². The maximum atomic E-state index is 13.5. The number of para-hydroxylation sites is 1. The second kappa shape index (κ2) is 13.0. The molecule has 242 valence electrons. The number of hydrogen-bond acceptors (Lipinski definition) is 7. The van der Waals surface area contributed by atoms with Crippen LogP contribution in [0.2, 0.25) is 4.34 Å². The number of aliphatic imine (C=N–C) groups is 1. The first-order valence-corrected chi connectivity index (χ1v) is 18.3. The van der Waals surface area contributed by atoms with Crippen LogP contribution >= 0.6 is 22.9 Å². The van der Waals surface area contributed by atoms with Crippen molar-refractivity contribution in [3.63, 3.8) is 0 Å². The monoisotopic (exact) mass is 687 g/mol. The van der Waals surface area contributed by atoms with Crippen LogP contribution in [0.15, 0.2) is 94.1 Å². The lowest BCUT2D eigenvalue weighted by Gasteiger charge is -2.23. The van der Waals surface area contributed by atoms with Crippen molar-refractivity contribution in [3.8, 4) is 0 Å². The van der Waals surface area contributed by atoms with E-state index < -0.39 is 16.2 Å². The van der Waals surface area contributed by atoms with Crippen molar-refractivity contribution in [2.45, 2.75) is 42.1 Å². The van der Waals surface area contributed by atoms with Crippen molar-refractivity contribution in [1.82, 2.24) is 10.0 Å². The van der Waals surface area contributed by atoms with Gasteiger partial charge in [0.05, 0.1) is 22.3 Å². The summed E-state index contributed by atoms with van der Waals surface area (Å²) in [6.45, 7) is -0.121. The predicted octanol–water partition coefficient (Wildman–Crippen LogP) is 5.24. The van der Waals surface area contributed by atoms with E-state index in [1.54, 1.807) is 24.1 Å². The lowest BCUT2D eigenvalue weighted by molar-refractivity contribution is -0.120. The minimum absolute atomic E-state index is 0.121. The number of fused-ring (bicyclic) bond motifs is 4. The van der Waals surface area contributed by atoms with E-state index in [1.165, 1.54) is 5.56 Å². The lowest BCUT2D eigenvalue weighted by Crippen LogP contribution is -2.46. The minimum Gasteiger partial charge on any atom is -0.325 e. The smallest absolute Gasteiger partial charge is 0.266 e. The highest BCUT2D eigenvalue weighted by Gasteiger charge is 2.41. The van der Waals surface area contributed by atoms with E-state index in [2.05, 4.69) is 15.4 Å². The molecule has 1 fully saturated rings. The second-order valence-electron chi connectivity index (χ2n) is 12.3. The molecule has 3 aromatic carbocycles. The summed E-state index contributed by atoms with van der Waals surface area (Å²) in [4.78, 5) is 33.1. The molecule has 9 nitrogen and oxygen atoms in total. The molecule has 4 atom stereocenters. The number of thiophene rings is 1. The maximum Gasteiger partial charge on any atom is 0.266 e. The van der Waals surface area contributed by atoms with Crippen LogP contribution in [-0.4, -0.2) is 51.7 Å². The van der Waals surface area contributed by atoms with Crippen molar-refractivity contribution in [3.05, 3.63) is 112 Å². The standard InChI is InChI=1S/C35H34ClN5O4S2/c1-41-28-10-6-5-9-27(28)33(21-7-3-2-4-8-21)39-34(35(41)43)37-20-30(42)38-26-14-13-22-17-23-11-12-24(18-25(22)19-26)32(23)40-47(44,45)31-16-15-29(36)46-31/h2-10,13-16,19,23-24,32,34,37,40H,11-12,17-18,20H2,1H3,(H,38,42)/t23-,24+,32+,34+/m0/s1. The Bertz CT molecular complexity index is 1980. The summed E-state index contributed by atoms with van der Waals surface area (Å²) in [5, 5.41) is 6.04. The van der Waals surface area contributed by atoms with Gasteiger partial charge in [0.2, 0.25) is 15.9 Å². The zero-order chi connectivity index (χ0) is 32.7. The second-order valence-corrected chi connectivity index (χ2v) is 15.9. The molecule has 1 saturated carbocycles. The Labute approximate surface area is 283 Å². The molecular formula is C35H34ClN5O4S2. The summed E-state index contributed by atoms with van der Waals surface area (Å²) in [7, 11) is -1.95. The number of nitrogens with one attached hydrogen (secondary N) is 3. The van der Waals surface area contributed by atoms with E-state index >= 15 is 0 Å². The lowest BCUT2D eigenvalue weighted by atomic mass is 9.93. The van der Waals surface area contributed by atoms with Gasteiger partial charge in [-0.3, -0.25) is 19.9 Å². The fraction of sp³-hybridized carbons (Fsp3) is 0.286. The molecule has 2 amide bonds.